The first-order valence-electron chi connectivity index (χ1n) is 6.07. The van der Waals surface area contributed by atoms with Crippen molar-refractivity contribution < 1.29 is 0 Å². The van der Waals surface area contributed by atoms with E-state index in [1.165, 1.54) is 0 Å². The van der Waals surface area contributed by atoms with Crippen LogP contribution in [-0.2, 0) is 0 Å². The molecule has 21 heavy (non-hydrogen) atoms. The minimum absolute atomic E-state index is 0.440. The lowest BCUT2D eigenvalue weighted by Crippen LogP contribution is -2.02. The Morgan fingerprint density at radius 2 is 2.19 bits per heavy atom. The predicted octanol–water partition coefficient (Wildman–Crippen LogP) is 2.66. The highest BCUT2D eigenvalue weighted by molar-refractivity contribution is 6.30. The van der Waals surface area contributed by atoms with E-state index < -0.39 is 0 Å². The van der Waals surface area contributed by atoms with E-state index in [1.807, 2.05) is 0 Å². The van der Waals surface area contributed by atoms with Gasteiger partial charge in [-0.2, -0.15) is 20.3 Å². The van der Waals surface area contributed by atoms with Gasteiger partial charge in [0, 0.05) is 12.1 Å². The standard InChI is InChI=1S/C13H10ClN7/c1-16-13-19-11(9-6-17-21-12(9)20-13)18-10-4-8(14)3-2-7(10)5-15/h2-4,6H,1H3,(H3,16,17,18,19,20,21). The highest BCUT2D eigenvalue weighted by Gasteiger charge is 2.11. The second kappa shape index (κ2) is 5.26. The quantitative estimate of drug-likeness (QED) is 0.687. The number of nitriles is 1. The molecular weight excluding hydrogens is 290 g/mol. The normalized spacial score (nSPS) is 10.3. The summed E-state index contributed by atoms with van der Waals surface area (Å²) in [5, 5.41) is 23.1. The molecule has 0 aliphatic heterocycles. The van der Waals surface area contributed by atoms with Crippen molar-refractivity contribution in [2.45, 2.75) is 0 Å². The third-order valence-electron chi connectivity index (χ3n) is 2.89. The average Bonchev–Trinajstić information content (AvgIpc) is 2.96. The number of aromatic nitrogens is 4. The molecule has 1 aromatic carbocycles. The van der Waals surface area contributed by atoms with E-state index in [0.717, 1.165) is 5.39 Å². The molecule has 3 aromatic rings. The van der Waals surface area contributed by atoms with Crippen LogP contribution in [-0.4, -0.2) is 27.2 Å². The fourth-order valence-corrected chi connectivity index (χ4v) is 2.06. The van der Waals surface area contributed by atoms with Gasteiger partial charge in [0.25, 0.3) is 0 Å². The molecule has 0 spiro atoms. The van der Waals surface area contributed by atoms with Crippen LogP contribution in [0.25, 0.3) is 11.0 Å². The van der Waals surface area contributed by atoms with Gasteiger partial charge >= 0.3 is 0 Å². The second-order valence-corrected chi connectivity index (χ2v) is 4.64. The van der Waals surface area contributed by atoms with Gasteiger partial charge in [0.2, 0.25) is 5.95 Å². The molecule has 0 radical (unpaired) electrons. The summed E-state index contributed by atoms with van der Waals surface area (Å²) in [4.78, 5) is 8.59. The Labute approximate surface area is 125 Å². The lowest BCUT2D eigenvalue weighted by Gasteiger charge is -2.10. The number of nitrogens with zero attached hydrogens (tertiary/aromatic N) is 4. The zero-order valence-corrected chi connectivity index (χ0v) is 11.7. The molecule has 0 aliphatic carbocycles. The van der Waals surface area contributed by atoms with Crippen molar-refractivity contribution >= 4 is 40.1 Å². The summed E-state index contributed by atoms with van der Waals surface area (Å²) in [5.41, 5.74) is 1.64. The first-order valence-corrected chi connectivity index (χ1v) is 6.44. The largest absolute Gasteiger partial charge is 0.357 e. The summed E-state index contributed by atoms with van der Waals surface area (Å²) in [5.74, 6) is 0.978. The zero-order chi connectivity index (χ0) is 14.8. The van der Waals surface area contributed by atoms with Crippen molar-refractivity contribution in [2.75, 3.05) is 17.7 Å². The van der Waals surface area contributed by atoms with Gasteiger partial charge in [-0.15, -0.1) is 0 Å². The Balaban J connectivity index is 2.12. The maximum atomic E-state index is 9.16. The lowest BCUT2D eigenvalue weighted by atomic mass is 10.2. The predicted molar refractivity (Wildman–Crippen MR) is 80.7 cm³/mol. The molecule has 2 heterocycles. The van der Waals surface area contributed by atoms with Gasteiger partial charge in [-0.25, -0.2) is 0 Å². The Morgan fingerprint density at radius 1 is 1.33 bits per heavy atom. The van der Waals surface area contributed by atoms with Gasteiger partial charge in [0.05, 0.1) is 22.8 Å². The van der Waals surface area contributed by atoms with Crippen molar-refractivity contribution in [3.63, 3.8) is 0 Å². The van der Waals surface area contributed by atoms with Crippen LogP contribution < -0.4 is 10.6 Å². The lowest BCUT2D eigenvalue weighted by molar-refractivity contribution is 1.09. The zero-order valence-electron chi connectivity index (χ0n) is 11.0. The number of benzene rings is 1. The molecule has 0 aliphatic rings. The van der Waals surface area contributed by atoms with Crippen molar-refractivity contribution in [2.24, 2.45) is 0 Å². The van der Waals surface area contributed by atoms with Gasteiger partial charge in [0.1, 0.15) is 11.9 Å². The first kappa shape index (κ1) is 13.1. The van der Waals surface area contributed by atoms with Crippen LogP contribution >= 0.6 is 11.6 Å². The Kier molecular flexibility index (Phi) is 3.30. The van der Waals surface area contributed by atoms with Gasteiger partial charge in [-0.1, -0.05) is 11.6 Å². The molecule has 0 saturated heterocycles. The molecule has 104 valence electrons. The molecule has 0 saturated carbocycles. The van der Waals surface area contributed by atoms with E-state index in [1.54, 1.807) is 31.4 Å². The number of H-pyrrole nitrogens is 1. The highest BCUT2D eigenvalue weighted by Crippen LogP contribution is 2.27. The van der Waals surface area contributed by atoms with Gasteiger partial charge in [-0.3, -0.25) is 5.10 Å². The van der Waals surface area contributed by atoms with Crippen molar-refractivity contribution in [3.8, 4) is 6.07 Å². The highest BCUT2D eigenvalue weighted by atomic mass is 35.5. The molecule has 2 aromatic heterocycles. The topological polar surface area (TPSA) is 102 Å². The third kappa shape index (κ3) is 2.44. The molecule has 8 heteroatoms. The van der Waals surface area contributed by atoms with Gasteiger partial charge < -0.3 is 10.6 Å². The van der Waals surface area contributed by atoms with Crippen LogP contribution in [0.3, 0.4) is 0 Å². The number of halogens is 1. The second-order valence-electron chi connectivity index (χ2n) is 4.20. The molecule has 3 rings (SSSR count). The van der Waals surface area contributed by atoms with Crippen LogP contribution in [0.1, 0.15) is 5.56 Å². The fourth-order valence-electron chi connectivity index (χ4n) is 1.89. The number of anilines is 3. The van der Waals surface area contributed by atoms with Crippen LogP contribution in [0.15, 0.2) is 24.4 Å². The van der Waals surface area contributed by atoms with Gasteiger partial charge in [-0.05, 0) is 18.2 Å². The average molecular weight is 300 g/mol. The molecular formula is C13H10ClN7. The minimum atomic E-state index is 0.440. The number of hydrogen-bond acceptors (Lipinski definition) is 6. The first-order chi connectivity index (χ1) is 10.2. The Morgan fingerprint density at radius 3 is 2.95 bits per heavy atom. The summed E-state index contributed by atoms with van der Waals surface area (Å²) < 4.78 is 0. The fraction of sp³-hybridized carbons (Fsp3) is 0.0769. The summed E-state index contributed by atoms with van der Waals surface area (Å²) in [6.07, 6.45) is 1.62. The van der Waals surface area contributed by atoms with Crippen LogP contribution in [0.4, 0.5) is 17.5 Å². The van der Waals surface area contributed by atoms with E-state index in [-0.39, 0.29) is 0 Å². The maximum Gasteiger partial charge on any atom is 0.226 e. The van der Waals surface area contributed by atoms with Crippen molar-refractivity contribution in [3.05, 3.63) is 35.0 Å². The molecule has 3 N–H and O–H groups in total. The summed E-state index contributed by atoms with van der Waals surface area (Å²) in [6.45, 7) is 0. The molecule has 0 fully saturated rings. The van der Waals surface area contributed by atoms with E-state index in [4.69, 9.17) is 16.9 Å². The van der Waals surface area contributed by atoms with E-state index in [2.05, 4.69) is 36.9 Å². The van der Waals surface area contributed by atoms with Gasteiger partial charge in [0.15, 0.2) is 5.65 Å². The van der Waals surface area contributed by atoms with Crippen LogP contribution in [0.2, 0.25) is 5.02 Å². The maximum absolute atomic E-state index is 9.16. The molecule has 0 atom stereocenters. The van der Waals surface area contributed by atoms with Crippen molar-refractivity contribution in [1.82, 2.24) is 20.2 Å². The van der Waals surface area contributed by atoms with Crippen LogP contribution in [0.5, 0.6) is 0 Å². The number of rotatable bonds is 3. The smallest absolute Gasteiger partial charge is 0.226 e. The summed E-state index contributed by atoms with van der Waals surface area (Å²) in [7, 11) is 1.72. The molecule has 0 unspecified atom stereocenters. The summed E-state index contributed by atoms with van der Waals surface area (Å²) in [6, 6.07) is 7.10. The van der Waals surface area contributed by atoms with E-state index in [0.29, 0.717) is 33.7 Å². The van der Waals surface area contributed by atoms with E-state index >= 15 is 0 Å². The molecule has 7 nitrogen and oxygen atoms in total. The number of nitrogens with one attached hydrogen (secondary N) is 3. The Hall–Kier alpha value is -2.85. The SMILES string of the molecule is CNc1nc(Nc2cc(Cl)ccc2C#N)c2cn[nH]c2n1. The molecule has 0 amide bonds. The number of fused-ring (bicyclic) bond motifs is 1. The third-order valence-corrected chi connectivity index (χ3v) is 3.12. The van der Waals surface area contributed by atoms with E-state index in [9.17, 15) is 0 Å². The Bertz CT molecular complexity index is 849. The number of hydrogen-bond donors (Lipinski definition) is 3. The minimum Gasteiger partial charge on any atom is -0.357 e. The number of aromatic amines is 1. The monoisotopic (exact) mass is 299 g/mol. The van der Waals surface area contributed by atoms with Crippen LogP contribution in [0, 0.1) is 11.3 Å². The molecule has 0 bridgehead atoms. The van der Waals surface area contributed by atoms with Crippen molar-refractivity contribution in [1.29, 1.82) is 5.26 Å². The summed E-state index contributed by atoms with van der Waals surface area (Å²) >= 11 is 5.98.